The fraction of sp³-hybridized carbons (Fsp3) is 1.00. The van der Waals surface area contributed by atoms with Crippen molar-refractivity contribution in [1.82, 2.24) is 10.2 Å². The number of fused-ring (bicyclic) bond motifs is 2. The Morgan fingerprint density at radius 3 is 2.75 bits per heavy atom. The van der Waals surface area contributed by atoms with Gasteiger partial charge in [0.05, 0.1) is 0 Å². The third-order valence-corrected chi connectivity index (χ3v) is 4.83. The lowest BCUT2D eigenvalue weighted by molar-refractivity contribution is 0.153. The Labute approximate surface area is 106 Å². The van der Waals surface area contributed by atoms with Crippen LogP contribution in [0.2, 0.25) is 0 Å². The first-order chi connectivity index (χ1) is 7.31. The van der Waals surface area contributed by atoms with E-state index in [-0.39, 0.29) is 12.4 Å². The van der Waals surface area contributed by atoms with E-state index < -0.39 is 0 Å². The molecule has 2 saturated carbocycles. The van der Waals surface area contributed by atoms with E-state index >= 15 is 0 Å². The summed E-state index contributed by atoms with van der Waals surface area (Å²) in [4.78, 5) is 2.70. The zero-order valence-corrected chi connectivity index (χ0v) is 11.1. The number of hydrogen-bond acceptors (Lipinski definition) is 2. The van der Waals surface area contributed by atoms with Crippen molar-refractivity contribution in [3.8, 4) is 0 Å². The molecule has 0 aromatic carbocycles. The highest BCUT2D eigenvalue weighted by Gasteiger charge is 2.40. The van der Waals surface area contributed by atoms with Crippen molar-refractivity contribution in [2.45, 2.75) is 38.6 Å². The highest BCUT2D eigenvalue weighted by molar-refractivity contribution is 5.85. The monoisotopic (exact) mass is 244 g/mol. The minimum atomic E-state index is 0. The van der Waals surface area contributed by atoms with E-state index in [2.05, 4.69) is 17.1 Å². The molecule has 0 aromatic rings. The van der Waals surface area contributed by atoms with Crippen LogP contribution in [-0.4, -0.2) is 37.1 Å². The van der Waals surface area contributed by atoms with Gasteiger partial charge in [0, 0.05) is 32.2 Å². The molecule has 3 heteroatoms. The number of halogens is 1. The van der Waals surface area contributed by atoms with Crippen molar-refractivity contribution in [2.75, 3.05) is 26.2 Å². The van der Waals surface area contributed by atoms with Gasteiger partial charge in [-0.15, -0.1) is 12.4 Å². The van der Waals surface area contributed by atoms with Crippen molar-refractivity contribution in [3.63, 3.8) is 0 Å². The molecule has 16 heavy (non-hydrogen) atoms. The molecule has 2 bridgehead atoms. The molecule has 1 N–H and O–H groups in total. The number of nitrogens with zero attached hydrogens (tertiary/aromatic N) is 1. The van der Waals surface area contributed by atoms with Crippen molar-refractivity contribution in [1.29, 1.82) is 0 Å². The summed E-state index contributed by atoms with van der Waals surface area (Å²) in [6.07, 6.45) is 6.19. The maximum absolute atomic E-state index is 3.53. The molecule has 0 aromatic heterocycles. The molecule has 94 valence electrons. The number of hydrogen-bond donors (Lipinski definition) is 1. The number of rotatable bonds is 2. The Hall–Kier alpha value is 0.210. The zero-order chi connectivity index (χ0) is 10.3. The SMILES string of the molecule is C[C@H]1CN(CC2CC3CCC2C3)CCN1.Cl. The van der Waals surface area contributed by atoms with Crippen molar-refractivity contribution in [2.24, 2.45) is 17.8 Å². The Bertz CT molecular complexity index is 234. The van der Waals surface area contributed by atoms with Crippen molar-refractivity contribution >= 4 is 12.4 Å². The first-order valence-corrected chi connectivity index (χ1v) is 6.77. The van der Waals surface area contributed by atoms with Crippen LogP contribution in [0.5, 0.6) is 0 Å². The minimum absolute atomic E-state index is 0. The predicted octanol–water partition coefficient (Wildman–Crippen LogP) is 2.14. The average Bonchev–Trinajstić information content (AvgIpc) is 2.79. The van der Waals surface area contributed by atoms with Crippen LogP contribution >= 0.6 is 12.4 Å². The molecule has 2 nitrogen and oxygen atoms in total. The molecule has 2 aliphatic carbocycles. The number of nitrogens with one attached hydrogen (secondary N) is 1. The van der Waals surface area contributed by atoms with Crippen LogP contribution in [0.15, 0.2) is 0 Å². The fourth-order valence-corrected chi connectivity index (χ4v) is 4.11. The third-order valence-electron chi connectivity index (χ3n) is 4.83. The van der Waals surface area contributed by atoms with Crippen molar-refractivity contribution < 1.29 is 0 Å². The van der Waals surface area contributed by atoms with Gasteiger partial charge in [0.1, 0.15) is 0 Å². The molecular formula is C13H25ClN2. The van der Waals surface area contributed by atoms with E-state index in [0.717, 1.165) is 17.8 Å². The number of piperazine rings is 1. The van der Waals surface area contributed by atoms with Crippen LogP contribution in [0.1, 0.15) is 32.6 Å². The first-order valence-electron chi connectivity index (χ1n) is 6.77. The van der Waals surface area contributed by atoms with Gasteiger partial charge in [-0.1, -0.05) is 6.42 Å². The Balaban J connectivity index is 0.000000963. The van der Waals surface area contributed by atoms with Gasteiger partial charge in [-0.2, -0.15) is 0 Å². The molecule has 3 rings (SSSR count). The van der Waals surface area contributed by atoms with E-state index in [9.17, 15) is 0 Å². The van der Waals surface area contributed by atoms with E-state index in [0.29, 0.717) is 6.04 Å². The first kappa shape index (κ1) is 12.7. The Morgan fingerprint density at radius 2 is 2.12 bits per heavy atom. The standard InChI is InChI=1S/C13H24N2.ClH/c1-10-8-15(5-4-14-10)9-13-7-11-2-3-12(13)6-11;/h10-14H,2-9H2,1H3;1H/t10-,11?,12?,13?;/m0./s1. The van der Waals surface area contributed by atoms with Crippen LogP contribution in [-0.2, 0) is 0 Å². The summed E-state index contributed by atoms with van der Waals surface area (Å²) < 4.78 is 0. The molecule has 3 fully saturated rings. The second-order valence-corrected chi connectivity index (χ2v) is 6.05. The van der Waals surface area contributed by atoms with Gasteiger partial charge in [-0.05, 0) is 43.9 Å². The molecule has 3 unspecified atom stereocenters. The summed E-state index contributed by atoms with van der Waals surface area (Å²) >= 11 is 0. The van der Waals surface area contributed by atoms with E-state index in [4.69, 9.17) is 0 Å². The largest absolute Gasteiger partial charge is 0.312 e. The molecule has 1 aliphatic heterocycles. The smallest absolute Gasteiger partial charge is 0.0167 e. The summed E-state index contributed by atoms with van der Waals surface area (Å²) in [5.41, 5.74) is 0. The summed E-state index contributed by atoms with van der Waals surface area (Å²) in [5.74, 6) is 3.26. The Morgan fingerprint density at radius 1 is 1.25 bits per heavy atom. The highest BCUT2D eigenvalue weighted by atomic mass is 35.5. The summed E-state index contributed by atoms with van der Waals surface area (Å²) in [6, 6.07) is 0.706. The molecule has 1 saturated heterocycles. The predicted molar refractivity (Wildman–Crippen MR) is 70.1 cm³/mol. The van der Waals surface area contributed by atoms with Crippen LogP contribution in [0.4, 0.5) is 0 Å². The van der Waals surface area contributed by atoms with Crippen LogP contribution in [0.25, 0.3) is 0 Å². The second-order valence-electron chi connectivity index (χ2n) is 6.05. The lowest BCUT2D eigenvalue weighted by Gasteiger charge is -2.35. The molecule has 1 heterocycles. The molecule has 4 atom stereocenters. The topological polar surface area (TPSA) is 15.3 Å². The van der Waals surface area contributed by atoms with Gasteiger partial charge in [0.15, 0.2) is 0 Å². The van der Waals surface area contributed by atoms with Gasteiger partial charge in [0.25, 0.3) is 0 Å². The molecule has 0 radical (unpaired) electrons. The van der Waals surface area contributed by atoms with Gasteiger partial charge in [-0.3, -0.25) is 0 Å². The molecule has 0 spiro atoms. The fourth-order valence-electron chi connectivity index (χ4n) is 4.11. The third kappa shape index (κ3) is 2.55. The second kappa shape index (κ2) is 5.24. The quantitative estimate of drug-likeness (QED) is 0.801. The van der Waals surface area contributed by atoms with E-state index in [1.54, 1.807) is 19.3 Å². The summed E-state index contributed by atoms with van der Waals surface area (Å²) in [5, 5.41) is 3.53. The van der Waals surface area contributed by atoms with Crippen LogP contribution < -0.4 is 5.32 Å². The Kier molecular flexibility index (Phi) is 4.15. The molecule has 0 amide bonds. The lowest BCUT2D eigenvalue weighted by atomic mass is 9.88. The maximum Gasteiger partial charge on any atom is 0.0167 e. The van der Waals surface area contributed by atoms with Crippen molar-refractivity contribution in [3.05, 3.63) is 0 Å². The zero-order valence-electron chi connectivity index (χ0n) is 10.3. The minimum Gasteiger partial charge on any atom is -0.312 e. The average molecular weight is 245 g/mol. The normalized spacial score (nSPS) is 43.3. The van der Waals surface area contributed by atoms with Gasteiger partial charge < -0.3 is 10.2 Å². The lowest BCUT2D eigenvalue weighted by Crippen LogP contribution is -2.50. The van der Waals surface area contributed by atoms with Crippen LogP contribution in [0.3, 0.4) is 0 Å². The highest BCUT2D eigenvalue weighted by Crippen LogP contribution is 2.48. The van der Waals surface area contributed by atoms with Gasteiger partial charge in [-0.25, -0.2) is 0 Å². The summed E-state index contributed by atoms with van der Waals surface area (Å²) in [6.45, 7) is 7.45. The molecular weight excluding hydrogens is 220 g/mol. The van der Waals surface area contributed by atoms with E-state index in [1.165, 1.54) is 32.6 Å². The van der Waals surface area contributed by atoms with Gasteiger partial charge in [0.2, 0.25) is 0 Å². The maximum atomic E-state index is 3.53. The van der Waals surface area contributed by atoms with Gasteiger partial charge >= 0.3 is 0 Å². The van der Waals surface area contributed by atoms with Crippen LogP contribution in [0, 0.1) is 17.8 Å². The summed E-state index contributed by atoms with van der Waals surface area (Å²) in [7, 11) is 0. The molecule has 3 aliphatic rings. The van der Waals surface area contributed by atoms with E-state index in [1.807, 2.05) is 0 Å².